The van der Waals surface area contributed by atoms with Crippen LogP contribution in [-0.4, -0.2) is 24.3 Å². The Morgan fingerprint density at radius 1 is 0.900 bits per heavy atom. The number of aromatic nitrogens is 2. The van der Waals surface area contributed by atoms with Crippen molar-refractivity contribution in [3.8, 4) is 0 Å². The normalized spacial score (nSPS) is 11.4. The van der Waals surface area contributed by atoms with Crippen molar-refractivity contribution < 1.29 is 13.2 Å². The topological polar surface area (TPSA) is 89.0 Å². The minimum Gasteiger partial charge on any atom is -0.348 e. The van der Waals surface area contributed by atoms with Crippen LogP contribution in [0, 0.1) is 6.92 Å². The van der Waals surface area contributed by atoms with E-state index >= 15 is 0 Å². The molecule has 1 amide bonds. The molecule has 0 saturated heterocycles. The van der Waals surface area contributed by atoms with Crippen molar-refractivity contribution in [3.05, 3.63) is 96.1 Å². The molecule has 0 atom stereocenters. The van der Waals surface area contributed by atoms with Crippen molar-refractivity contribution in [2.24, 2.45) is 0 Å². The van der Waals surface area contributed by atoms with Gasteiger partial charge in [-0.1, -0.05) is 18.2 Å². The zero-order valence-electron chi connectivity index (χ0n) is 16.2. The van der Waals surface area contributed by atoms with Gasteiger partial charge >= 0.3 is 0 Å². The molecule has 6 nitrogen and oxygen atoms in total. The fraction of sp³-hybridized carbons (Fsp3) is 0.0870. The number of pyridine rings is 2. The number of hydrogen-bond acceptors (Lipinski definition) is 5. The van der Waals surface area contributed by atoms with Crippen LogP contribution in [0.1, 0.15) is 21.6 Å². The third kappa shape index (κ3) is 4.06. The highest BCUT2D eigenvalue weighted by Crippen LogP contribution is 2.21. The molecule has 0 unspecified atom stereocenters. The Labute approximate surface area is 174 Å². The van der Waals surface area contributed by atoms with Crippen molar-refractivity contribution in [1.29, 1.82) is 0 Å². The van der Waals surface area contributed by atoms with Crippen LogP contribution in [0.4, 0.5) is 0 Å². The lowest BCUT2D eigenvalue weighted by Gasteiger charge is -2.08. The number of amides is 1. The lowest BCUT2D eigenvalue weighted by atomic mass is 10.1. The zero-order valence-corrected chi connectivity index (χ0v) is 17.1. The first-order valence-electron chi connectivity index (χ1n) is 9.32. The number of carbonyl (C=O) groups excluding carboxylic acids is 1. The van der Waals surface area contributed by atoms with Crippen molar-refractivity contribution in [1.82, 2.24) is 15.3 Å². The molecule has 2 aromatic carbocycles. The van der Waals surface area contributed by atoms with Crippen molar-refractivity contribution in [3.63, 3.8) is 0 Å². The molecule has 2 heterocycles. The van der Waals surface area contributed by atoms with Gasteiger partial charge in [-0.05, 0) is 60.3 Å². The number of hydrogen-bond donors (Lipinski definition) is 1. The van der Waals surface area contributed by atoms with E-state index in [1.54, 1.807) is 67.8 Å². The van der Waals surface area contributed by atoms with Crippen LogP contribution in [0.15, 0.2) is 89.0 Å². The molecule has 150 valence electrons. The first-order valence-corrected chi connectivity index (χ1v) is 10.8. The summed E-state index contributed by atoms with van der Waals surface area (Å²) in [5.41, 5.74) is 2.09. The number of sulfone groups is 1. The molecular formula is C23H19N3O3S. The summed E-state index contributed by atoms with van der Waals surface area (Å²) in [6.07, 6.45) is 4.79. The van der Waals surface area contributed by atoms with Gasteiger partial charge in [-0.15, -0.1) is 0 Å². The fourth-order valence-corrected chi connectivity index (χ4v) is 4.25. The molecule has 2 aromatic heterocycles. The second-order valence-corrected chi connectivity index (χ2v) is 8.85. The van der Waals surface area contributed by atoms with Crippen LogP contribution in [0.25, 0.3) is 10.8 Å². The predicted octanol–water partition coefficient (Wildman–Crippen LogP) is 3.70. The molecule has 0 aliphatic heterocycles. The number of aryl methyl sites for hydroxylation is 1. The van der Waals surface area contributed by atoms with Crippen molar-refractivity contribution in [2.45, 2.75) is 23.3 Å². The van der Waals surface area contributed by atoms with Gasteiger partial charge < -0.3 is 5.32 Å². The Morgan fingerprint density at radius 3 is 2.40 bits per heavy atom. The lowest BCUT2D eigenvalue weighted by molar-refractivity contribution is 0.0951. The molecule has 0 saturated carbocycles. The second kappa shape index (κ2) is 8.04. The Kier molecular flexibility index (Phi) is 5.29. The molecule has 0 radical (unpaired) electrons. The van der Waals surface area contributed by atoms with E-state index < -0.39 is 9.84 Å². The van der Waals surface area contributed by atoms with Gasteiger partial charge in [0.1, 0.15) is 0 Å². The summed E-state index contributed by atoms with van der Waals surface area (Å²) in [5.74, 6) is -0.205. The first-order chi connectivity index (χ1) is 14.4. The molecule has 1 N–H and O–H groups in total. The first kappa shape index (κ1) is 19.7. The number of rotatable bonds is 5. The zero-order chi connectivity index (χ0) is 21.1. The summed E-state index contributed by atoms with van der Waals surface area (Å²) >= 11 is 0. The number of benzene rings is 2. The summed E-state index contributed by atoms with van der Waals surface area (Å²) < 4.78 is 25.4. The highest BCUT2D eigenvalue weighted by Gasteiger charge is 2.17. The maximum atomic E-state index is 12.7. The van der Waals surface area contributed by atoms with Crippen LogP contribution < -0.4 is 5.32 Å². The molecular weight excluding hydrogens is 398 g/mol. The SMILES string of the molecule is Cc1ccc(S(=O)(=O)c2ccc(CNC(=O)c3ccc4ccncc4c3)cc2)cn1. The van der Waals surface area contributed by atoms with Crippen LogP contribution in [0.5, 0.6) is 0 Å². The largest absolute Gasteiger partial charge is 0.348 e. The van der Waals surface area contributed by atoms with Gasteiger partial charge in [-0.3, -0.25) is 14.8 Å². The van der Waals surface area contributed by atoms with E-state index in [2.05, 4.69) is 15.3 Å². The maximum absolute atomic E-state index is 12.7. The molecule has 7 heteroatoms. The van der Waals surface area contributed by atoms with Gasteiger partial charge in [-0.2, -0.15) is 0 Å². The molecule has 0 spiro atoms. The summed E-state index contributed by atoms with van der Waals surface area (Å²) in [6.45, 7) is 2.09. The third-order valence-electron chi connectivity index (χ3n) is 4.78. The van der Waals surface area contributed by atoms with Crippen LogP contribution >= 0.6 is 0 Å². The standard InChI is InChI=1S/C23H19N3O3S/c1-16-2-7-22(15-25-16)30(28,29)21-8-3-17(4-9-21)13-26-23(27)19-6-5-18-10-11-24-14-20(18)12-19/h2-12,14-15H,13H2,1H3,(H,26,27). The van der Waals surface area contributed by atoms with E-state index in [0.29, 0.717) is 5.56 Å². The minimum absolute atomic E-state index is 0.153. The minimum atomic E-state index is -3.62. The molecule has 4 aromatic rings. The Bertz CT molecular complexity index is 1320. The highest BCUT2D eigenvalue weighted by molar-refractivity contribution is 7.91. The Morgan fingerprint density at radius 2 is 1.67 bits per heavy atom. The van der Waals surface area contributed by atoms with E-state index in [-0.39, 0.29) is 22.2 Å². The summed E-state index contributed by atoms with van der Waals surface area (Å²) in [4.78, 5) is 20.9. The number of nitrogens with zero attached hydrogens (tertiary/aromatic N) is 2. The quantitative estimate of drug-likeness (QED) is 0.535. The van der Waals surface area contributed by atoms with E-state index in [1.165, 1.54) is 6.20 Å². The average molecular weight is 417 g/mol. The van der Waals surface area contributed by atoms with Crippen LogP contribution in [-0.2, 0) is 16.4 Å². The summed E-state index contributed by atoms with van der Waals surface area (Å²) in [5, 5.41) is 4.77. The Hall–Kier alpha value is -3.58. The number of fused-ring (bicyclic) bond motifs is 1. The molecule has 0 bridgehead atoms. The Balaban J connectivity index is 1.45. The van der Waals surface area contributed by atoms with Gasteiger partial charge in [0, 0.05) is 41.8 Å². The van der Waals surface area contributed by atoms with Crippen molar-refractivity contribution >= 4 is 26.5 Å². The second-order valence-electron chi connectivity index (χ2n) is 6.90. The van der Waals surface area contributed by atoms with E-state index in [4.69, 9.17) is 0 Å². The maximum Gasteiger partial charge on any atom is 0.251 e. The number of carbonyl (C=O) groups is 1. The number of nitrogens with one attached hydrogen (secondary N) is 1. The molecule has 30 heavy (non-hydrogen) atoms. The highest BCUT2D eigenvalue weighted by atomic mass is 32.2. The van der Waals surface area contributed by atoms with Gasteiger partial charge in [0.05, 0.1) is 9.79 Å². The molecule has 0 aliphatic rings. The average Bonchev–Trinajstić information content (AvgIpc) is 2.77. The summed E-state index contributed by atoms with van der Waals surface area (Å²) in [6, 6.07) is 17.0. The third-order valence-corrected chi connectivity index (χ3v) is 6.54. The predicted molar refractivity (Wildman–Crippen MR) is 114 cm³/mol. The van der Waals surface area contributed by atoms with Crippen LogP contribution in [0.2, 0.25) is 0 Å². The van der Waals surface area contributed by atoms with E-state index in [0.717, 1.165) is 22.0 Å². The van der Waals surface area contributed by atoms with Gasteiger partial charge in [0.15, 0.2) is 0 Å². The van der Waals surface area contributed by atoms with Crippen molar-refractivity contribution in [2.75, 3.05) is 0 Å². The lowest BCUT2D eigenvalue weighted by Crippen LogP contribution is -2.22. The fourth-order valence-electron chi connectivity index (χ4n) is 3.05. The molecule has 4 rings (SSSR count). The smallest absolute Gasteiger partial charge is 0.251 e. The monoisotopic (exact) mass is 417 g/mol. The van der Waals surface area contributed by atoms with Crippen LogP contribution in [0.3, 0.4) is 0 Å². The summed E-state index contributed by atoms with van der Waals surface area (Å²) in [7, 11) is -3.62. The van der Waals surface area contributed by atoms with E-state index in [9.17, 15) is 13.2 Å². The van der Waals surface area contributed by atoms with E-state index in [1.807, 2.05) is 12.1 Å². The van der Waals surface area contributed by atoms with Gasteiger partial charge in [0.2, 0.25) is 9.84 Å². The van der Waals surface area contributed by atoms with Gasteiger partial charge in [0.25, 0.3) is 5.91 Å². The molecule has 0 aliphatic carbocycles. The van der Waals surface area contributed by atoms with Gasteiger partial charge in [-0.25, -0.2) is 8.42 Å². The molecule has 0 fully saturated rings.